The fraction of sp³-hybridized carbons (Fsp3) is 0.667. The van der Waals surface area contributed by atoms with Crippen LogP contribution in [0.5, 0.6) is 0 Å². The minimum absolute atomic E-state index is 0.181. The van der Waals surface area contributed by atoms with Crippen LogP contribution in [0.15, 0.2) is 18.2 Å². The van der Waals surface area contributed by atoms with Gasteiger partial charge < -0.3 is 15.0 Å². The largest absolute Gasteiger partial charge is 0.480 e. The Morgan fingerprint density at radius 1 is 1.12 bits per heavy atom. The number of hydrogen-bond acceptors (Lipinski definition) is 3. The lowest BCUT2D eigenvalue weighted by Crippen LogP contribution is -2.41. The minimum atomic E-state index is -0.993. The predicted molar refractivity (Wildman–Crippen MR) is 130 cm³/mol. The number of carbonyl (C=O) groups is 2. The van der Waals surface area contributed by atoms with E-state index in [0.29, 0.717) is 29.9 Å². The van der Waals surface area contributed by atoms with Gasteiger partial charge in [-0.2, -0.15) is 0 Å². The number of imidazole rings is 1. The van der Waals surface area contributed by atoms with Gasteiger partial charge in [-0.25, -0.2) is 9.78 Å². The van der Waals surface area contributed by atoms with E-state index in [1.54, 1.807) is 0 Å². The number of aromatic nitrogens is 2. The number of hydrogen-bond donors (Lipinski definition) is 2. The van der Waals surface area contributed by atoms with Gasteiger partial charge in [0.05, 0.1) is 11.0 Å². The summed E-state index contributed by atoms with van der Waals surface area (Å²) in [7, 11) is 0. The van der Waals surface area contributed by atoms with Crippen molar-refractivity contribution in [3.63, 3.8) is 0 Å². The van der Waals surface area contributed by atoms with Crippen molar-refractivity contribution in [1.82, 2.24) is 14.9 Å². The van der Waals surface area contributed by atoms with Crippen molar-refractivity contribution in [3.8, 4) is 0 Å². The third-order valence-corrected chi connectivity index (χ3v) is 7.68. The molecule has 0 aliphatic heterocycles. The fourth-order valence-corrected chi connectivity index (χ4v) is 5.89. The van der Waals surface area contributed by atoms with Crippen molar-refractivity contribution in [2.75, 3.05) is 0 Å². The number of aliphatic carboxylic acids is 1. The number of amides is 1. The minimum Gasteiger partial charge on any atom is -0.480 e. The van der Waals surface area contributed by atoms with Crippen molar-refractivity contribution < 1.29 is 14.7 Å². The number of benzene rings is 1. The maximum absolute atomic E-state index is 12.9. The summed E-state index contributed by atoms with van der Waals surface area (Å²) in [6.07, 6.45) is 11.6. The molecule has 0 radical (unpaired) electrons. The standard InChI is InChI=1S/C27H39N3O3/c1-17(2)14-22(27(32)33)29-26(31)20-12-13-24-21(16-20)28-25(15-19-9-5-6-10-19)30(24)23-11-7-4-8-18(23)3/h12-13,16-19,22-23H,4-11,14-15H2,1-3H3,(H,29,31)(H,32,33)/t18?,22-,23?/m0/s1. The SMILES string of the molecule is CC(C)C[C@H](NC(=O)c1ccc2c(c1)nc(CC1CCCC1)n2C1CCCCC1C)C(=O)O. The molecule has 2 aliphatic carbocycles. The zero-order chi connectivity index (χ0) is 23.5. The molecule has 0 bridgehead atoms. The van der Waals surface area contributed by atoms with Crippen LogP contribution in [0.4, 0.5) is 0 Å². The molecular weight excluding hydrogens is 414 g/mol. The van der Waals surface area contributed by atoms with E-state index in [1.165, 1.54) is 51.4 Å². The van der Waals surface area contributed by atoms with E-state index >= 15 is 0 Å². The summed E-state index contributed by atoms with van der Waals surface area (Å²) < 4.78 is 2.48. The highest BCUT2D eigenvalue weighted by Gasteiger charge is 2.29. The lowest BCUT2D eigenvalue weighted by atomic mass is 9.85. The van der Waals surface area contributed by atoms with Crippen LogP contribution >= 0.6 is 0 Å². The molecule has 2 aliphatic rings. The third-order valence-electron chi connectivity index (χ3n) is 7.68. The first-order valence-corrected chi connectivity index (χ1v) is 12.9. The second-order valence-corrected chi connectivity index (χ2v) is 10.8. The highest BCUT2D eigenvalue weighted by atomic mass is 16.4. The molecule has 2 fully saturated rings. The van der Waals surface area contributed by atoms with E-state index in [1.807, 2.05) is 32.0 Å². The molecule has 4 rings (SSSR count). The van der Waals surface area contributed by atoms with E-state index in [-0.39, 0.29) is 11.8 Å². The molecule has 2 N–H and O–H groups in total. The quantitative estimate of drug-likeness (QED) is 0.533. The second kappa shape index (κ2) is 10.3. The summed E-state index contributed by atoms with van der Waals surface area (Å²) in [6, 6.07) is 5.28. The van der Waals surface area contributed by atoms with Gasteiger partial charge in [0.15, 0.2) is 0 Å². The van der Waals surface area contributed by atoms with Gasteiger partial charge in [-0.05, 0) is 55.2 Å². The van der Waals surface area contributed by atoms with Crippen LogP contribution in [-0.2, 0) is 11.2 Å². The van der Waals surface area contributed by atoms with Gasteiger partial charge in [0.1, 0.15) is 11.9 Å². The Labute approximate surface area is 197 Å². The van der Waals surface area contributed by atoms with Crippen LogP contribution in [0.1, 0.15) is 101 Å². The summed E-state index contributed by atoms with van der Waals surface area (Å²) >= 11 is 0. The van der Waals surface area contributed by atoms with Gasteiger partial charge in [0.25, 0.3) is 5.91 Å². The van der Waals surface area contributed by atoms with E-state index in [9.17, 15) is 14.7 Å². The Kier molecular flexibility index (Phi) is 7.40. The Bertz CT molecular complexity index is 990. The average molecular weight is 454 g/mol. The van der Waals surface area contributed by atoms with Crippen LogP contribution in [0, 0.1) is 17.8 Å². The van der Waals surface area contributed by atoms with Crippen LogP contribution in [0.3, 0.4) is 0 Å². The smallest absolute Gasteiger partial charge is 0.326 e. The lowest BCUT2D eigenvalue weighted by molar-refractivity contribution is -0.139. The van der Waals surface area contributed by atoms with Gasteiger partial charge in [-0.3, -0.25) is 4.79 Å². The van der Waals surface area contributed by atoms with Gasteiger partial charge in [0, 0.05) is 18.0 Å². The number of carboxylic acid groups (broad SMARTS) is 1. The summed E-state index contributed by atoms with van der Waals surface area (Å²) in [5, 5.41) is 12.2. The fourth-order valence-electron chi connectivity index (χ4n) is 5.89. The second-order valence-electron chi connectivity index (χ2n) is 10.8. The number of fused-ring (bicyclic) bond motifs is 1. The van der Waals surface area contributed by atoms with Gasteiger partial charge >= 0.3 is 5.97 Å². The van der Waals surface area contributed by atoms with Crippen molar-refractivity contribution in [2.45, 2.75) is 97.1 Å². The normalized spacial score (nSPS) is 22.7. The first kappa shape index (κ1) is 23.8. The molecule has 2 aromatic rings. The Hall–Kier alpha value is -2.37. The number of nitrogens with one attached hydrogen (secondary N) is 1. The molecule has 6 heteroatoms. The van der Waals surface area contributed by atoms with E-state index in [0.717, 1.165) is 23.3 Å². The molecule has 1 aromatic carbocycles. The number of carbonyl (C=O) groups excluding carboxylic acids is 1. The van der Waals surface area contributed by atoms with Crippen molar-refractivity contribution >= 4 is 22.9 Å². The maximum atomic E-state index is 12.9. The number of nitrogens with zero attached hydrogens (tertiary/aromatic N) is 2. The highest BCUT2D eigenvalue weighted by molar-refractivity contribution is 5.99. The molecule has 1 aromatic heterocycles. The Balaban J connectivity index is 1.65. The highest BCUT2D eigenvalue weighted by Crippen LogP contribution is 2.38. The van der Waals surface area contributed by atoms with Crippen molar-refractivity contribution in [1.29, 1.82) is 0 Å². The first-order chi connectivity index (χ1) is 15.8. The monoisotopic (exact) mass is 453 g/mol. The third kappa shape index (κ3) is 5.42. The molecule has 180 valence electrons. The van der Waals surface area contributed by atoms with Crippen LogP contribution in [0.2, 0.25) is 0 Å². The Morgan fingerprint density at radius 3 is 2.48 bits per heavy atom. The molecule has 6 nitrogen and oxygen atoms in total. The number of carboxylic acids is 1. The Morgan fingerprint density at radius 2 is 1.82 bits per heavy atom. The predicted octanol–water partition coefficient (Wildman–Crippen LogP) is 5.75. The van der Waals surface area contributed by atoms with Crippen LogP contribution in [0.25, 0.3) is 11.0 Å². The van der Waals surface area contributed by atoms with Gasteiger partial charge in [-0.1, -0.05) is 59.3 Å². The summed E-state index contributed by atoms with van der Waals surface area (Å²) in [6.45, 7) is 6.27. The summed E-state index contributed by atoms with van der Waals surface area (Å²) in [5.74, 6) is 1.33. The number of rotatable bonds is 8. The molecule has 1 amide bonds. The van der Waals surface area contributed by atoms with Crippen molar-refractivity contribution in [3.05, 3.63) is 29.6 Å². The van der Waals surface area contributed by atoms with Gasteiger partial charge in [-0.15, -0.1) is 0 Å². The lowest BCUT2D eigenvalue weighted by Gasteiger charge is -2.32. The zero-order valence-electron chi connectivity index (χ0n) is 20.3. The van der Waals surface area contributed by atoms with Gasteiger partial charge in [0.2, 0.25) is 0 Å². The molecule has 0 saturated heterocycles. The van der Waals surface area contributed by atoms with Crippen molar-refractivity contribution in [2.24, 2.45) is 17.8 Å². The maximum Gasteiger partial charge on any atom is 0.326 e. The molecule has 3 atom stereocenters. The zero-order valence-corrected chi connectivity index (χ0v) is 20.3. The van der Waals surface area contributed by atoms with E-state index < -0.39 is 12.0 Å². The summed E-state index contributed by atoms with van der Waals surface area (Å²) in [5.41, 5.74) is 2.44. The first-order valence-electron chi connectivity index (χ1n) is 12.9. The average Bonchev–Trinajstić information content (AvgIpc) is 3.40. The molecule has 1 heterocycles. The topological polar surface area (TPSA) is 84.2 Å². The molecule has 33 heavy (non-hydrogen) atoms. The molecule has 2 saturated carbocycles. The molecule has 2 unspecified atom stereocenters. The molecule has 0 spiro atoms. The summed E-state index contributed by atoms with van der Waals surface area (Å²) in [4.78, 5) is 29.6. The van der Waals surface area contributed by atoms with E-state index in [4.69, 9.17) is 4.98 Å². The molecular formula is C27H39N3O3. The van der Waals surface area contributed by atoms with Crippen LogP contribution in [-0.4, -0.2) is 32.6 Å². The van der Waals surface area contributed by atoms with Crippen LogP contribution < -0.4 is 5.32 Å². The van der Waals surface area contributed by atoms with E-state index in [2.05, 4.69) is 16.8 Å².